The zero-order valence-corrected chi connectivity index (χ0v) is 14.3. The van der Waals surface area contributed by atoms with Crippen molar-refractivity contribution < 1.29 is 9.52 Å². The first-order chi connectivity index (χ1) is 10.3. The van der Waals surface area contributed by atoms with Crippen LogP contribution in [-0.4, -0.2) is 52.5 Å². The first-order valence-corrected chi connectivity index (χ1v) is 8.28. The molecule has 126 valence electrons. The van der Waals surface area contributed by atoms with Gasteiger partial charge in [-0.2, -0.15) is 0 Å². The number of aliphatic hydroxyl groups excluding tert-OH is 1. The quantitative estimate of drug-likeness (QED) is 0.830. The average Bonchev–Trinajstić information content (AvgIpc) is 2.89. The fraction of sp³-hybridized carbons (Fsp3) is 0.875. The second-order valence-corrected chi connectivity index (χ2v) is 7.47. The summed E-state index contributed by atoms with van der Waals surface area (Å²) in [7, 11) is 0. The topological polar surface area (TPSA) is 74.4 Å². The molecule has 0 aliphatic carbocycles. The van der Waals surface area contributed by atoms with Crippen molar-refractivity contribution in [1.82, 2.24) is 20.4 Å². The van der Waals surface area contributed by atoms with Crippen LogP contribution in [-0.2, 0) is 12.0 Å². The Bertz CT molecular complexity index is 445. The number of hydrogen-bond acceptors (Lipinski definition) is 6. The van der Waals surface area contributed by atoms with E-state index in [9.17, 15) is 5.11 Å². The van der Waals surface area contributed by atoms with Crippen LogP contribution < -0.4 is 5.32 Å². The van der Waals surface area contributed by atoms with E-state index in [0.717, 1.165) is 26.2 Å². The Kier molecular flexibility index (Phi) is 5.94. The largest absolute Gasteiger partial charge is 0.423 e. The van der Waals surface area contributed by atoms with Crippen molar-refractivity contribution in [3.8, 4) is 0 Å². The highest BCUT2D eigenvalue weighted by atomic mass is 16.4. The molecular weight excluding hydrogens is 280 g/mol. The van der Waals surface area contributed by atoms with Crippen molar-refractivity contribution in [3.05, 3.63) is 11.8 Å². The van der Waals surface area contributed by atoms with Gasteiger partial charge in [0.1, 0.15) is 0 Å². The van der Waals surface area contributed by atoms with Gasteiger partial charge in [0, 0.05) is 12.0 Å². The molecule has 1 saturated heterocycles. The van der Waals surface area contributed by atoms with E-state index in [1.165, 1.54) is 12.8 Å². The van der Waals surface area contributed by atoms with Gasteiger partial charge in [-0.05, 0) is 45.3 Å². The summed E-state index contributed by atoms with van der Waals surface area (Å²) >= 11 is 0. The predicted octanol–water partition coefficient (Wildman–Crippen LogP) is 1.55. The Hall–Kier alpha value is -0.980. The van der Waals surface area contributed by atoms with Crippen LogP contribution in [0.3, 0.4) is 0 Å². The Balaban J connectivity index is 1.66. The van der Waals surface area contributed by atoms with Crippen molar-refractivity contribution in [2.45, 2.75) is 58.6 Å². The van der Waals surface area contributed by atoms with Gasteiger partial charge in [0.2, 0.25) is 11.8 Å². The van der Waals surface area contributed by atoms with Gasteiger partial charge in [0.15, 0.2) is 0 Å². The molecule has 1 aliphatic heterocycles. The summed E-state index contributed by atoms with van der Waals surface area (Å²) in [6.45, 7) is 12.6. The lowest BCUT2D eigenvalue weighted by Crippen LogP contribution is -2.40. The Labute approximate surface area is 133 Å². The summed E-state index contributed by atoms with van der Waals surface area (Å²) in [6.07, 6.45) is 2.12. The van der Waals surface area contributed by atoms with E-state index in [1.807, 2.05) is 6.92 Å². The second kappa shape index (κ2) is 7.53. The number of aromatic nitrogens is 2. The molecule has 1 aliphatic rings. The van der Waals surface area contributed by atoms with Crippen molar-refractivity contribution in [2.24, 2.45) is 5.92 Å². The first kappa shape index (κ1) is 17.4. The van der Waals surface area contributed by atoms with Gasteiger partial charge >= 0.3 is 0 Å². The summed E-state index contributed by atoms with van der Waals surface area (Å²) in [5, 5.41) is 21.0. The number of nitrogens with zero attached hydrogens (tertiary/aromatic N) is 3. The van der Waals surface area contributed by atoms with Gasteiger partial charge in [-0.15, -0.1) is 10.2 Å². The van der Waals surface area contributed by atoms with E-state index < -0.39 is 0 Å². The van der Waals surface area contributed by atoms with Crippen molar-refractivity contribution in [3.63, 3.8) is 0 Å². The fourth-order valence-corrected chi connectivity index (χ4v) is 2.76. The standard InChI is InChI=1S/C16H30N4O2/c1-12(21)11-20-7-5-13(6-8-20)9-17-10-14-18-19-15(22-14)16(2,3)4/h12-13,17,21H,5-11H2,1-4H3. The molecular formula is C16H30N4O2. The SMILES string of the molecule is CC(O)CN1CCC(CNCc2nnc(C(C)(C)C)o2)CC1. The minimum atomic E-state index is -0.232. The predicted molar refractivity (Wildman–Crippen MR) is 85.5 cm³/mol. The van der Waals surface area contributed by atoms with E-state index in [-0.39, 0.29) is 11.5 Å². The van der Waals surface area contributed by atoms with Crippen LogP contribution in [0, 0.1) is 5.92 Å². The number of β-amino-alcohol motifs (C(OH)–C–C–N with tert-alkyl or cyclic N) is 1. The van der Waals surface area contributed by atoms with Gasteiger partial charge in [0.25, 0.3) is 0 Å². The van der Waals surface area contributed by atoms with Crippen LogP contribution in [0.4, 0.5) is 0 Å². The average molecular weight is 310 g/mol. The van der Waals surface area contributed by atoms with Crippen LogP contribution in [0.25, 0.3) is 0 Å². The van der Waals surface area contributed by atoms with Gasteiger partial charge in [-0.25, -0.2) is 0 Å². The molecule has 1 aromatic heterocycles. The van der Waals surface area contributed by atoms with E-state index >= 15 is 0 Å². The zero-order chi connectivity index (χ0) is 16.2. The Morgan fingerprint density at radius 2 is 2.00 bits per heavy atom. The molecule has 2 rings (SSSR count). The molecule has 1 atom stereocenters. The third-order valence-corrected chi connectivity index (χ3v) is 4.05. The molecule has 2 heterocycles. The number of nitrogens with one attached hydrogen (secondary N) is 1. The van der Waals surface area contributed by atoms with Gasteiger partial charge in [0.05, 0.1) is 12.6 Å². The van der Waals surface area contributed by atoms with Crippen molar-refractivity contribution in [1.29, 1.82) is 0 Å². The molecule has 0 aromatic carbocycles. The molecule has 0 amide bonds. The van der Waals surface area contributed by atoms with Crippen molar-refractivity contribution >= 4 is 0 Å². The summed E-state index contributed by atoms with van der Waals surface area (Å²) in [4.78, 5) is 2.34. The second-order valence-electron chi connectivity index (χ2n) is 7.47. The fourth-order valence-electron chi connectivity index (χ4n) is 2.76. The lowest BCUT2D eigenvalue weighted by Gasteiger charge is -2.32. The minimum absolute atomic E-state index is 0.0953. The molecule has 1 unspecified atom stereocenters. The van der Waals surface area contributed by atoms with Gasteiger partial charge in [-0.3, -0.25) is 0 Å². The van der Waals surface area contributed by atoms with E-state index in [0.29, 0.717) is 24.2 Å². The summed E-state index contributed by atoms with van der Waals surface area (Å²) in [5.41, 5.74) is -0.0953. The normalized spacial score (nSPS) is 19.5. The molecule has 1 aromatic rings. The first-order valence-electron chi connectivity index (χ1n) is 8.28. The third-order valence-electron chi connectivity index (χ3n) is 4.05. The van der Waals surface area contributed by atoms with Crippen LogP contribution in [0.15, 0.2) is 4.42 Å². The van der Waals surface area contributed by atoms with E-state index in [4.69, 9.17) is 4.42 Å². The maximum atomic E-state index is 9.42. The lowest BCUT2D eigenvalue weighted by molar-refractivity contribution is 0.0996. The molecule has 6 nitrogen and oxygen atoms in total. The zero-order valence-electron chi connectivity index (χ0n) is 14.3. The van der Waals surface area contributed by atoms with Gasteiger partial charge in [-0.1, -0.05) is 20.8 Å². The Morgan fingerprint density at radius 3 is 2.55 bits per heavy atom. The highest BCUT2D eigenvalue weighted by Crippen LogP contribution is 2.20. The Morgan fingerprint density at radius 1 is 1.32 bits per heavy atom. The number of hydrogen-bond donors (Lipinski definition) is 2. The summed E-state index contributed by atoms with van der Waals surface area (Å²) in [5.74, 6) is 2.04. The maximum Gasteiger partial charge on any atom is 0.230 e. The minimum Gasteiger partial charge on any atom is -0.423 e. The van der Waals surface area contributed by atoms with Crippen LogP contribution in [0.1, 0.15) is 52.3 Å². The van der Waals surface area contributed by atoms with E-state index in [2.05, 4.69) is 41.2 Å². The number of likely N-dealkylation sites (tertiary alicyclic amines) is 1. The summed E-state index contributed by atoms with van der Waals surface area (Å²) in [6, 6.07) is 0. The number of rotatable bonds is 6. The van der Waals surface area contributed by atoms with Crippen molar-refractivity contribution in [2.75, 3.05) is 26.2 Å². The van der Waals surface area contributed by atoms with Crippen LogP contribution in [0.2, 0.25) is 0 Å². The van der Waals surface area contributed by atoms with E-state index in [1.54, 1.807) is 0 Å². The smallest absolute Gasteiger partial charge is 0.230 e. The molecule has 0 spiro atoms. The third kappa shape index (κ3) is 5.34. The number of piperidine rings is 1. The van der Waals surface area contributed by atoms with Gasteiger partial charge < -0.3 is 19.7 Å². The lowest BCUT2D eigenvalue weighted by atomic mass is 9.96. The molecule has 0 bridgehead atoms. The molecule has 0 radical (unpaired) electrons. The molecule has 6 heteroatoms. The highest BCUT2D eigenvalue weighted by molar-refractivity contribution is 4.95. The van der Waals surface area contributed by atoms with Crippen LogP contribution >= 0.6 is 0 Å². The van der Waals surface area contributed by atoms with Crippen LogP contribution in [0.5, 0.6) is 0 Å². The molecule has 2 N–H and O–H groups in total. The molecule has 0 saturated carbocycles. The maximum absolute atomic E-state index is 9.42. The molecule has 22 heavy (non-hydrogen) atoms. The summed E-state index contributed by atoms with van der Waals surface area (Å²) < 4.78 is 5.68. The molecule has 1 fully saturated rings. The monoisotopic (exact) mass is 310 g/mol. The highest BCUT2D eigenvalue weighted by Gasteiger charge is 2.22. The number of aliphatic hydroxyl groups is 1.